The van der Waals surface area contributed by atoms with Crippen LogP contribution in [0.5, 0.6) is 0 Å². The summed E-state index contributed by atoms with van der Waals surface area (Å²) in [4.78, 5) is 68.8. The number of urea groups is 4. The van der Waals surface area contributed by atoms with Crippen LogP contribution in [-0.4, -0.2) is 52.7 Å². The van der Waals surface area contributed by atoms with Crippen LogP contribution in [0.15, 0.2) is 0 Å². The van der Waals surface area contributed by atoms with Crippen LogP contribution in [0.1, 0.15) is 0 Å². The second-order valence-electron chi connectivity index (χ2n) is 4.24. The molecule has 2 unspecified atom stereocenters. The highest BCUT2D eigenvalue weighted by atomic mass is 16.2. The van der Waals surface area contributed by atoms with E-state index in [0.717, 1.165) is 0 Å². The van der Waals surface area contributed by atoms with Gasteiger partial charge in [0.05, 0.1) is 0 Å². The molecule has 2 atom stereocenters. The highest BCUT2D eigenvalue weighted by Crippen LogP contribution is 2.19. The molecule has 10 amide bonds. The normalized spacial score (nSPS) is 27.1. The van der Waals surface area contributed by atoms with Crippen molar-refractivity contribution in [1.82, 2.24) is 31.7 Å². The molecular formula is C8H10N8O6. The lowest BCUT2D eigenvalue weighted by molar-refractivity contribution is -0.136. The Morgan fingerprint density at radius 1 is 1.14 bits per heavy atom. The first-order valence-corrected chi connectivity index (χ1v) is 5.59. The molecule has 118 valence electrons. The van der Waals surface area contributed by atoms with E-state index in [1.165, 1.54) is 0 Å². The molecule has 0 aromatic carbocycles. The van der Waals surface area contributed by atoms with Crippen molar-refractivity contribution < 1.29 is 28.8 Å². The molecular weight excluding hydrogens is 304 g/mol. The van der Waals surface area contributed by atoms with Crippen molar-refractivity contribution in [3.63, 3.8) is 0 Å². The van der Waals surface area contributed by atoms with Crippen molar-refractivity contribution in [2.75, 3.05) is 0 Å². The van der Waals surface area contributed by atoms with E-state index in [0.29, 0.717) is 0 Å². The third kappa shape index (κ3) is 2.17. The maximum absolute atomic E-state index is 12.1. The third-order valence-corrected chi connectivity index (χ3v) is 2.81. The van der Waals surface area contributed by atoms with Crippen LogP contribution in [0.2, 0.25) is 0 Å². The zero-order chi connectivity index (χ0) is 16.7. The molecule has 22 heavy (non-hydrogen) atoms. The van der Waals surface area contributed by atoms with Gasteiger partial charge < -0.3 is 27.4 Å². The average Bonchev–Trinajstić information content (AvgIpc) is 2.80. The van der Waals surface area contributed by atoms with Crippen molar-refractivity contribution in [3.05, 3.63) is 0 Å². The number of hydrazine groups is 1. The number of imide groups is 2. The molecule has 0 saturated carbocycles. The van der Waals surface area contributed by atoms with Gasteiger partial charge in [-0.05, 0) is 0 Å². The number of hydrogen-bond acceptors (Lipinski definition) is 6. The van der Waals surface area contributed by atoms with Crippen LogP contribution in [0.25, 0.3) is 0 Å². The number of amides is 10. The van der Waals surface area contributed by atoms with Crippen LogP contribution in [0.4, 0.5) is 19.2 Å². The predicted molar refractivity (Wildman–Crippen MR) is 64.0 cm³/mol. The van der Waals surface area contributed by atoms with Gasteiger partial charge in [0.25, 0.3) is 11.8 Å². The highest BCUT2D eigenvalue weighted by Gasteiger charge is 2.61. The Bertz CT molecular complexity index is 618. The van der Waals surface area contributed by atoms with Gasteiger partial charge in [-0.15, -0.1) is 0 Å². The number of carbonyl (C=O) groups is 6. The number of nitrogens with zero attached hydrogens (tertiary/aromatic N) is 1. The number of rotatable bonds is 3. The summed E-state index contributed by atoms with van der Waals surface area (Å²) in [6.45, 7) is 0. The first-order chi connectivity index (χ1) is 10.2. The summed E-state index contributed by atoms with van der Waals surface area (Å²) in [5, 5.41) is 7.89. The van der Waals surface area contributed by atoms with E-state index >= 15 is 0 Å². The third-order valence-electron chi connectivity index (χ3n) is 2.81. The Morgan fingerprint density at radius 3 is 2.23 bits per heavy atom. The number of nitrogens with one attached hydrogen (secondary N) is 5. The van der Waals surface area contributed by atoms with Crippen LogP contribution in [0.3, 0.4) is 0 Å². The van der Waals surface area contributed by atoms with Crippen molar-refractivity contribution in [2.24, 2.45) is 11.5 Å². The summed E-state index contributed by atoms with van der Waals surface area (Å²) in [6, 6.07) is -6.39. The molecule has 2 aliphatic rings. The Morgan fingerprint density at radius 2 is 1.77 bits per heavy atom. The van der Waals surface area contributed by atoms with Gasteiger partial charge in [0.1, 0.15) is 0 Å². The Hall–Kier alpha value is -3.58. The Balaban J connectivity index is 2.38. The summed E-state index contributed by atoms with van der Waals surface area (Å²) >= 11 is 0. The van der Waals surface area contributed by atoms with Gasteiger partial charge >= 0.3 is 24.1 Å². The molecule has 2 rings (SSSR count). The molecule has 14 nitrogen and oxygen atoms in total. The largest absolute Gasteiger partial charge is 0.352 e. The summed E-state index contributed by atoms with van der Waals surface area (Å²) in [5.74, 6) is -2.29. The zero-order valence-corrected chi connectivity index (χ0v) is 10.6. The standard InChI is InChI=1S/C8H10N8O6/c9-4(19)13-8(3(18)12-6(21)14-8)1-2(17)16(7(22)11-1)15-5(10)20/h1H,(H,11,22)(H3,9,13,19)(H3,10,15,20)(H2,12,14,18,21). The SMILES string of the molecule is NC(=O)NN1C(=O)NC(C2(NC(N)=O)NC(=O)NC2=O)C1=O. The van der Waals surface area contributed by atoms with Crippen LogP contribution >= 0.6 is 0 Å². The molecule has 2 fully saturated rings. The van der Waals surface area contributed by atoms with E-state index in [1.54, 1.807) is 10.7 Å². The van der Waals surface area contributed by atoms with E-state index in [9.17, 15) is 28.8 Å². The van der Waals surface area contributed by atoms with Crippen molar-refractivity contribution >= 4 is 35.9 Å². The fraction of sp³-hybridized carbons (Fsp3) is 0.250. The average molecular weight is 314 g/mol. The van der Waals surface area contributed by atoms with Gasteiger partial charge in [-0.2, -0.15) is 5.01 Å². The molecule has 14 heteroatoms. The second kappa shape index (κ2) is 4.76. The zero-order valence-electron chi connectivity index (χ0n) is 10.6. The predicted octanol–water partition coefficient (Wildman–Crippen LogP) is -4.31. The molecule has 2 aliphatic heterocycles. The minimum absolute atomic E-state index is 0.190. The maximum Gasteiger partial charge on any atom is 0.344 e. The van der Waals surface area contributed by atoms with E-state index < -0.39 is 47.6 Å². The summed E-state index contributed by atoms with van der Waals surface area (Å²) in [5.41, 5.74) is 9.09. The van der Waals surface area contributed by atoms with Gasteiger partial charge in [-0.25, -0.2) is 24.6 Å². The number of hydrogen-bond donors (Lipinski definition) is 7. The van der Waals surface area contributed by atoms with E-state index in [2.05, 4.69) is 0 Å². The first kappa shape index (κ1) is 14.8. The fourth-order valence-corrected chi connectivity index (χ4v) is 2.02. The molecule has 0 spiro atoms. The van der Waals surface area contributed by atoms with Gasteiger partial charge in [0.2, 0.25) is 5.66 Å². The fourth-order valence-electron chi connectivity index (χ4n) is 2.02. The minimum Gasteiger partial charge on any atom is -0.352 e. The summed E-state index contributed by atoms with van der Waals surface area (Å²) in [7, 11) is 0. The molecule has 2 heterocycles. The molecule has 0 aromatic heterocycles. The minimum atomic E-state index is -2.34. The van der Waals surface area contributed by atoms with Crippen LogP contribution in [-0.2, 0) is 9.59 Å². The lowest BCUT2D eigenvalue weighted by Crippen LogP contribution is -2.72. The number of nitrogens with two attached hydrogens (primary N) is 2. The molecule has 0 aliphatic carbocycles. The number of carbonyl (C=O) groups excluding carboxylic acids is 6. The molecule has 0 aromatic rings. The maximum atomic E-state index is 12.1. The van der Waals surface area contributed by atoms with E-state index in [-0.39, 0.29) is 5.01 Å². The highest BCUT2D eigenvalue weighted by molar-refractivity contribution is 6.15. The molecule has 0 radical (unpaired) electrons. The van der Waals surface area contributed by atoms with Crippen molar-refractivity contribution in [3.8, 4) is 0 Å². The molecule has 9 N–H and O–H groups in total. The Labute approximate surface area is 120 Å². The smallest absolute Gasteiger partial charge is 0.344 e. The summed E-state index contributed by atoms with van der Waals surface area (Å²) in [6.07, 6.45) is 0. The topological polar surface area (TPSA) is 218 Å². The lowest BCUT2D eigenvalue weighted by atomic mass is 10.0. The van der Waals surface area contributed by atoms with Gasteiger partial charge in [0.15, 0.2) is 6.04 Å². The quantitative estimate of drug-likeness (QED) is 0.255. The van der Waals surface area contributed by atoms with Gasteiger partial charge in [-0.1, -0.05) is 0 Å². The van der Waals surface area contributed by atoms with Gasteiger partial charge in [-0.3, -0.25) is 14.9 Å². The van der Waals surface area contributed by atoms with Gasteiger partial charge in [0, 0.05) is 0 Å². The van der Waals surface area contributed by atoms with E-state index in [1.807, 2.05) is 16.0 Å². The van der Waals surface area contributed by atoms with Crippen LogP contribution in [0, 0.1) is 0 Å². The van der Waals surface area contributed by atoms with Crippen molar-refractivity contribution in [2.45, 2.75) is 11.7 Å². The number of primary amides is 2. The monoisotopic (exact) mass is 314 g/mol. The molecule has 0 bridgehead atoms. The van der Waals surface area contributed by atoms with Crippen molar-refractivity contribution in [1.29, 1.82) is 0 Å². The van der Waals surface area contributed by atoms with E-state index in [4.69, 9.17) is 11.5 Å². The lowest BCUT2D eigenvalue weighted by Gasteiger charge is -2.30. The molecule has 2 saturated heterocycles. The summed E-state index contributed by atoms with van der Waals surface area (Å²) < 4.78 is 0. The van der Waals surface area contributed by atoms with Crippen LogP contribution < -0.4 is 38.2 Å². The second-order valence-corrected chi connectivity index (χ2v) is 4.24. The first-order valence-electron chi connectivity index (χ1n) is 5.59. The Kier molecular flexibility index (Phi) is 3.21.